The van der Waals surface area contributed by atoms with Crippen molar-refractivity contribution in [3.05, 3.63) is 0 Å². The lowest BCUT2D eigenvalue weighted by atomic mass is 9.67. The van der Waals surface area contributed by atoms with Crippen molar-refractivity contribution in [2.75, 3.05) is 19.6 Å². The molecule has 0 heterocycles. The zero-order valence-corrected chi connectivity index (χ0v) is 15.7. The lowest BCUT2D eigenvalue weighted by Gasteiger charge is -2.44. The van der Waals surface area contributed by atoms with Crippen molar-refractivity contribution in [2.24, 2.45) is 17.3 Å². The predicted octanol–water partition coefficient (Wildman–Crippen LogP) is 4.55. The van der Waals surface area contributed by atoms with E-state index in [-0.39, 0.29) is 0 Å². The van der Waals surface area contributed by atoms with Crippen molar-refractivity contribution in [3.8, 4) is 0 Å². The van der Waals surface area contributed by atoms with E-state index in [1.165, 1.54) is 38.8 Å². The maximum absolute atomic E-state index is 3.77. The van der Waals surface area contributed by atoms with Gasteiger partial charge in [0.15, 0.2) is 0 Å². The quantitative estimate of drug-likeness (QED) is 0.741. The molecule has 0 radical (unpaired) electrons. The van der Waals surface area contributed by atoms with Gasteiger partial charge in [0.05, 0.1) is 0 Å². The molecule has 0 saturated heterocycles. The van der Waals surface area contributed by atoms with E-state index < -0.39 is 0 Å². The van der Waals surface area contributed by atoms with Crippen molar-refractivity contribution in [2.45, 2.75) is 86.2 Å². The molecule has 0 aromatic heterocycles. The zero-order chi connectivity index (χ0) is 16.0. The number of nitrogens with one attached hydrogen (secondary N) is 1. The second kappa shape index (κ2) is 8.53. The van der Waals surface area contributed by atoms with Crippen molar-refractivity contribution >= 4 is 0 Å². The third-order valence-corrected chi connectivity index (χ3v) is 5.76. The molecule has 0 spiro atoms. The van der Waals surface area contributed by atoms with E-state index in [1.54, 1.807) is 0 Å². The zero-order valence-electron chi connectivity index (χ0n) is 15.7. The van der Waals surface area contributed by atoms with Gasteiger partial charge in [0, 0.05) is 18.6 Å². The normalized spacial score (nSPS) is 28.9. The van der Waals surface area contributed by atoms with E-state index in [4.69, 9.17) is 0 Å². The SMILES string of the molecule is CCNC1CCC(C(C)(C)C)CC1CN(CC)C(C)CC. The van der Waals surface area contributed by atoms with Crippen LogP contribution in [-0.4, -0.2) is 36.6 Å². The summed E-state index contributed by atoms with van der Waals surface area (Å²) < 4.78 is 0. The van der Waals surface area contributed by atoms with Crippen LogP contribution in [0.1, 0.15) is 74.1 Å². The van der Waals surface area contributed by atoms with Gasteiger partial charge in [-0.2, -0.15) is 0 Å². The van der Waals surface area contributed by atoms with Crippen LogP contribution in [0.3, 0.4) is 0 Å². The molecular formula is C19H40N2. The number of hydrogen-bond acceptors (Lipinski definition) is 2. The summed E-state index contributed by atoms with van der Waals surface area (Å²) in [6.45, 7) is 20.1. The smallest absolute Gasteiger partial charge is 0.0108 e. The van der Waals surface area contributed by atoms with Crippen LogP contribution in [0.5, 0.6) is 0 Å². The largest absolute Gasteiger partial charge is 0.314 e. The van der Waals surface area contributed by atoms with Gasteiger partial charge in [-0.15, -0.1) is 0 Å². The standard InChI is InChI=1S/C19H40N2/c1-8-15(4)21(10-3)14-16-13-17(19(5,6)7)11-12-18(16)20-9-2/h15-18,20H,8-14H2,1-7H3. The van der Waals surface area contributed by atoms with Crippen LogP contribution in [0, 0.1) is 17.3 Å². The average molecular weight is 297 g/mol. The Morgan fingerprint density at radius 2 is 1.81 bits per heavy atom. The van der Waals surface area contributed by atoms with Crippen molar-refractivity contribution in [1.29, 1.82) is 0 Å². The highest BCUT2D eigenvalue weighted by Crippen LogP contribution is 2.40. The van der Waals surface area contributed by atoms with Gasteiger partial charge in [-0.05, 0) is 62.9 Å². The van der Waals surface area contributed by atoms with Crippen LogP contribution in [0.2, 0.25) is 0 Å². The molecule has 0 aromatic rings. The molecule has 0 bridgehead atoms. The molecule has 1 aliphatic rings. The monoisotopic (exact) mass is 296 g/mol. The Balaban J connectivity index is 2.74. The van der Waals surface area contributed by atoms with Crippen molar-refractivity contribution in [3.63, 3.8) is 0 Å². The van der Waals surface area contributed by atoms with Crippen LogP contribution in [0.25, 0.3) is 0 Å². The van der Waals surface area contributed by atoms with Crippen LogP contribution in [0.15, 0.2) is 0 Å². The van der Waals surface area contributed by atoms with E-state index in [1.807, 2.05) is 0 Å². The molecular weight excluding hydrogens is 256 g/mol. The third kappa shape index (κ3) is 5.56. The van der Waals surface area contributed by atoms with E-state index in [2.05, 4.69) is 58.7 Å². The summed E-state index contributed by atoms with van der Waals surface area (Å²) in [6.07, 6.45) is 5.41. The summed E-state index contributed by atoms with van der Waals surface area (Å²) in [7, 11) is 0. The molecule has 21 heavy (non-hydrogen) atoms. The van der Waals surface area contributed by atoms with E-state index in [9.17, 15) is 0 Å². The molecule has 0 aromatic carbocycles. The fourth-order valence-electron chi connectivity index (χ4n) is 3.96. The first-order valence-electron chi connectivity index (χ1n) is 9.30. The first-order valence-corrected chi connectivity index (χ1v) is 9.30. The van der Waals surface area contributed by atoms with Gasteiger partial charge >= 0.3 is 0 Å². The van der Waals surface area contributed by atoms with Crippen LogP contribution in [-0.2, 0) is 0 Å². The minimum atomic E-state index is 0.461. The summed E-state index contributed by atoms with van der Waals surface area (Å²) in [5.41, 5.74) is 0.461. The van der Waals surface area contributed by atoms with E-state index in [0.717, 1.165) is 24.4 Å². The van der Waals surface area contributed by atoms with Gasteiger partial charge in [-0.3, -0.25) is 0 Å². The Hall–Kier alpha value is -0.0800. The van der Waals surface area contributed by atoms with E-state index >= 15 is 0 Å². The Kier molecular flexibility index (Phi) is 7.70. The molecule has 1 aliphatic carbocycles. The molecule has 4 unspecified atom stereocenters. The van der Waals surface area contributed by atoms with Gasteiger partial charge in [-0.1, -0.05) is 41.5 Å². The van der Waals surface area contributed by atoms with E-state index in [0.29, 0.717) is 11.5 Å². The molecule has 1 rings (SSSR count). The Labute approximate surface area is 134 Å². The highest BCUT2D eigenvalue weighted by Gasteiger charge is 2.36. The minimum Gasteiger partial charge on any atom is -0.314 e. The van der Waals surface area contributed by atoms with Gasteiger partial charge in [0.2, 0.25) is 0 Å². The second-order valence-corrected chi connectivity index (χ2v) is 8.15. The molecule has 2 nitrogen and oxygen atoms in total. The summed E-state index contributed by atoms with van der Waals surface area (Å²) in [4.78, 5) is 2.69. The van der Waals surface area contributed by atoms with Gasteiger partial charge in [-0.25, -0.2) is 0 Å². The van der Waals surface area contributed by atoms with Crippen molar-refractivity contribution in [1.82, 2.24) is 10.2 Å². The van der Waals surface area contributed by atoms with Crippen LogP contribution >= 0.6 is 0 Å². The molecule has 126 valence electrons. The number of nitrogens with zero attached hydrogens (tertiary/aromatic N) is 1. The molecule has 2 heteroatoms. The highest BCUT2D eigenvalue weighted by molar-refractivity contribution is 4.90. The van der Waals surface area contributed by atoms with Gasteiger partial charge < -0.3 is 10.2 Å². The topological polar surface area (TPSA) is 15.3 Å². The van der Waals surface area contributed by atoms with Crippen LogP contribution in [0.4, 0.5) is 0 Å². The lowest BCUT2D eigenvalue weighted by molar-refractivity contribution is 0.0773. The molecule has 1 N–H and O–H groups in total. The third-order valence-electron chi connectivity index (χ3n) is 5.76. The predicted molar refractivity (Wildman–Crippen MR) is 94.8 cm³/mol. The first-order chi connectivity index (χ1) is 9.83. The van der Waals surface area contributed by atoms with Gasteiger partial charge in [0.25, 0.3) is 0 Å². The summed E-state index contributed by atoms with van der Waals surface area (Å²) in [6, 6.07) is 1.44. The average Bonchev–Trinajstić information content (AvgIpc) is 2.44. The summed E-state index contributed by atoms with van der Waals surface area (Å²) >= 11 is 0. The molecule has 1 fully saturated rings. The van der Waals surface area contributed by atoms with Crippen LogP contribution < -0.4 is 5.32 Å². The maximum atomic E-state index is 3.77. The Bertz CT molecular complexity index is 282. The Morgan fingerprint density at radius 1 is 1.14 bits per heavy atom. The number of hydrogen-bond donors (Lipinski definition) is 1. The lowest BCUT2D eigenvalue weighted by Crippen LogP contribution is -2.48. The first kappa shape index (κ1) is 19.0. The Morgan fingerprint density at radius 3 is 2.29 bits per heavy atom. The molecule has 1 saturated carbocycles. The summed E-state index contributed by atoms with van der Waals surface area (Å²) in [5.74, 6) is 1.70. The molecule has 4 atom stereocenters. The van der Waals surface area contributed by atoms with Gasteiger partial charge in [0.1, 0.15) is 0 Å². The fourth-order valence-corrected chi connectivity index (χ4v) is 3.96. The van der Waals surface area contributed by atoms with Crippen molar-refractivity contribution < 1.29 is 0 Å². The highest BCUT2D eigenvalue weighted by atomic mass is 15.1. The second-order valence-electron chi connectivity index (χ2n) is 8.15. The molecule has 0 aliphatic heterocycles. The molecule has 0 amide bonds. The minimum absolute atomic E-state index is 0.461. The summed E-state index contributed by atoms with van der Waals surface area (Å²) in [5, 5.41) is 3.77. The maximum Gasteiger partial charge on any atom is 0.0108 e. The fraction of sp³-hybridized carbons (Fsp3) is 1.00. The number of rotatable bonds is 7.